The molecule has 1 fully saturated rings. The average Bonchev–Trinajstić information content (AvgIpc) is 2.68. The SMILES string of the molecule is CC1CCN(c2ccc(NC(=O)CCN(C)Cc3ccccc3)cc2)CC1. The first kappa shape index (κ1) is 19.4. The molecule has 1 aliphatic heterocycles. The molecule has 2 aromatic rings. The van der Waals surface area contributed by atoms with Crippen molar-refractivity contribution >= 4 is 17.3 Å². The molecular formula is C23H31N3O. The Bertz CT molecular complexity index is 706. The highest BCUT2D eigenvalue weighted by Gasteiger charge is 2.16. The van der Waals surface area contributed by atoms with Gasteiger partial charge in [0.25, 0.3) is 0 Å². The van der Waals surface area contributed by atoms with Gasteiger partial charge in [0, 0.05) is 44.0 Å². The molecule has 1 saturated heterocycles. The number of carbonyl (C=O) groups is 1. The number of carbonyl (C=O) groups excluding carboxylic acids is 1. The molecule has 1 amide bonds. The van der Waals surface area contributed by atoms with Gasteiger partial charge >= 0.3 is 0 Å². The number of rotatable bonds is 7. The summed E-state index contributed by atoms with van der Waals surface area (Å²) in [5.41, 5.74) is 3.39. The van der Waals surface area contributed by atoms with Crippen LogP contribution in [0.25, 0.3) is 0 Å². The van der Waals surface area contributed by atoms with E-state index in [1.807, 2.05) is 30.3 Å². The molecule has 0 saturated carbocycles. The second-order valence-electron chi connectivity index (χ2n) is 7.74. The van der Waals surface area contributed by atoms with Gasteiger partial charge in [0.1, 0.15) is 0 Å². The number of amides is 1. The fourth-order valence-corrected chi connectivity index (χ4v) is 3.51. The van der Waals surface area contributed by atoms with Crippen molar-refractivity contribution in [3.63, 3.8) is 0 Å². The molecule has 1 N–H and O–H groups in total. The summed E-state index contributed by atoms with van der Waals surface area (Å²) in [6, 6.07) is 18.6. The first-order chi connectivity index (χ1) is 13.1. The van der Waals surface area contributed by atoms with E-state index in [0.29, 0.717) is 6.42 Å². The Morgan fingerprint density at radius 2 is 1.74 bits per heavy atom. The van der Waals surface area contributed by atoms with Gasteiger partial charge in [-0.25, -0.2) is 0 Å². The molecule has 4 nitrogen and oxygen atoms in total. The highest BCUT2D eigenvalue weighted by Crippen LogP contribution is 2.24. The number of hydrogen-bond acceptors (Lipinski definition) is 3. The second kappa shape index (κ2) is 9.56. The van der Waals surface area contributed by atoms with Gasteiger partial charge in [0.15, 0.2) is 0 Å². The van der Waals surface area contributed by atoms with Crippen molar-refractivity contribution in [3.8, 4) is 0 Å². The van der Waals surface area contributed by atoms with Crippen molar-refractivity contribution < 1.29 is 4.79 Å². The van der Waals surface area contributed by atoms with Crippen LogP contribution in [0.1, 0.15) is 31.7 Å². The summed E-state index contributed by atoms with van der Waals surface area (Å²) in [5.74, 6) is 0.897. The maximum absolute atomic E-state index is 12.2. The second-order valence-corrected chi connectivity index (χ2v) is 7.74. The van der Waals surface area contributed by atoms with Crippen LogP contribution in [0.5, 0.6) is 0 Å². The van der Waals surface area contributed by atoms with E-state index in [1.165, 1.54) is 24.1 Å². The maximum Gasteiger partial charge on any atom is 0.225 e. The molecule has 1 heterocycles. The topological polar surface area (TPSA) is 35.6 Å². The van der Waals surface area contributed by atoms with Gasteiger partial charge in [-0.2, -0.15) is 0 Å². The third-order valence-electron chi connectivity index (χ3n) is 5.32. The summed E-state index contributed by atoms with van der Waals surface area (Å²) >= 11 is 0. The van der Waals surface area contributed by atoms with Gasteiger partial charge in [-0.15, -0.1) is 0 Å². The van der Waals surface area contributed by atoms with Crippen LogP contribution < -0.4 is 10.2 Å². The summed E-state index contributed by atoms with van der Waals surface area (Å²) < 4.78 is 0. The fraction of sp³-hybridized carbons (Fsp3) is 0.435. The maximum atomic E-state index is 12.2. The standard InChI is InChI=1S/C23H31N3O/c1-19-12-16-26(17-13-19)22-10-8-21(9-11-22)24-23(27)14-15-25(2)18-20-6-4-3-5-7-20/h3-11,19H,12-18H2,1-2H3,(H,24,27). The first-order valence-corrected chi connectivity index (χ1v) is 9.97. The van der Waals surface area contributed by atoms with Crippen molar-refractivity contribution in [2.45, 2.75) is 32.7 Å². The van der Waals surface area contributed by atoms with Gasteiger partial charge in [0.2, 0.25) is 5.91 Å². The van der Waals surface area contributed by atoms with Gasteiger partial charge in [0.05, 0.1) is 0 Å². The number of nitrogens with one attached hydrogen (secondary N) is 1. The fourth-order valence-electron chi connectivity index (χ4n) is 3.51. The van der Waals surface area contributed by atoms with Crippen molar-refractivity contribution in [2.75, 3.05) is 36.9 Å². The first-order valence-electron chi connectivity index (χ1n) is 9.97. The van der Waals surface area contributed by atoms with Crippen LogP contribution in [0, 0.1) is 5.92 Å². The Kier molecular flexibility index (Phi) is 6.88. The summed E-state index contributed by atoms with van der Waals surface area (Å²) in [4.78, 5) is 16.9. The van der Waals surface area contributed by atoms with E-state index in [4.69, 9.17) is 0 Å². The van der Waals surface area contributed by atoms with E-state index in [1.54, 1.807) is 0 Å². The Balaban J connectivity index is 1.42. The molecule has 0 radical (unpaired) electrons. The van der Waals surface area contributed by atoms with Gasteiger partial charge in [-0.1, -0.05) is 37.3 Å². The Labute approximate surface area is 163 Å². The lowest BCUT2D eigenvalue weighted by molar-refractivity contribution is -0.116. The van der Waals surface area contributed by atoms with Gasteiger partial charge < -0.3 is 15.1 Å². The summed E-state index contributed by atoms with van der Waals surface area (Å²) in [6.07, 6.45) is 3.01. The monoisotopic (exact) mass is 365 g/mol. The zero-order valence-corrected chi connectivity index (χ0v) is 16.5. The third-order valence-corrected chi connectivity index (χ3v) is 5.32. The van der Waals surface area contributed by atoms with Crippen molar-refractivity contribution in [1.29, 1.82) is 0 Å². The lowest BCUT2D eigenvalue weighted by Gasteiger charge is -2.32. The lowest BCUT2D eigenvalue weighted by Crippen LogP contribution is -2.32. The summed E-state index contributed by atoms with van der Waals surface area (Å²) in [6.45, 7) is 6.18. The molecule has 4 heteroatoms. The predicted molar refractivity (Wildman–Crippen MR) is 113 cm³/mol. The summed E-state index contributed by atoms with van der Waals surface area (Å²) in [5, 5.41) is 3.01. The number of nitrogens with zero attached hydrogens (tertiary/aromatic N) is 2. The van der Waals surface area contributed by atoms with E-state index in [-0.39, 0.29) is 5.91 Å². The minimum Gasteiger partial charge on any atom is -0.372 e. The molecule has 144 valence electrons. The quantitative estimate of drug-likeness (QED) is 0.791. The molecule has 0 aliphatic carbocycles. The van der Waals surface area contributed by atoms with Crippen molar-refractivity contribution in [3.05, 3.63) is 60.2 Å². The highest BCUT2D eigenvalue weighted by molar-refractivity contribution is 5.91. The number of anilines is 2. The zero-order chi connectivity index (χ0) is 19.1. The molecule has 0 aromatic heterocycles. The van der Waals surface area contributed by atoms with Crippen molar-refractivity contribution in [2.24, 2.45) is 5.92 Å². The van der Waals surface area contributed by atoms with E-state index < -0.39 is 0 Å². The van der Waals surface area contributed by atoms with Gasteiger partial charge in [-0.3, -0.25) is 4.79 Å². The van der Waals surface area contributed by atoms with Crippen LogP contribution >= 0.6 is 0 Å². The Hall–Kier alpha value is -2.33. The summed E-state index contributed by atoms with van der Waals surface area (Å²) in [7, 11) is 2.05. The molecule has 0 unspecified atom stereocenters. The number of piperidine rings is 1. The van der Waals surface area contributed by atoms with Crippen LogP contribution in [0.2, 0.25) is 0 Å². The Morgan fingerprint density at radius 1 is 1.07 bits per heavy atom. The molecule has 0 bridgehead atoms. The average molecular weight is 366 g/mol. The smallest absolute Gasteiger partial charge is 0.225 e. The molecule has 0 spiro atoms. The predicted octanol–water partition coefficient (Wildman–Crippen LogP) is 4.38. The Morgan fingerprint density at radius 3 is 2.41 bits per heavy atom. The van der Waals surface area contributed by atoms with Crippen LogP contribution in [-0.4, -0.2) is 37.5 Å². The third kappa shape index (κ3) is 6.10. The van der Waals surface area contributed by atoms with E-state index in [2.05, 4.69) is 53.4 Å². The molecule has 1 aliphatic rings. The van der Waals surface area contributed by atoms with Crippen LogP contribution in [-0.2, 0) is 11.3 Å². The van der Waals surface area contributed by atoms with E-state index in [0.717, 1.165) is 37.8 Å². The lowest BCUT2D eigenvalue weighted by atomic mass is 9.99. The minimum absolute atomic E-state index is 0.0643. The molecule has 3 rings (SSSR count). The molecule has 27 heavy (non-hydrogen) atoms. The van der Waals surface area contributed by atoms with Crippen LogP contribution in [0.15, 0.2) is 54.6 Å². The normalized spacial score (nSPS) is 15.1. The highest BCUT2D eigenvalue weighted by atomic mass is 16.1. The molecule has 0 atom stereocenters. The van der Waals surface area contributed by atoms with Crippen molar-refractivity contribution in [1.82, 2.24) is 4.90 Å². The van der Waals surface area contributed by atoms with E-state index >= 15 is 0 Å². The van der Waals surface area contributed by atoms with Crippen LogP contribution in [0.4, 0.5) is 11.4 Å². The largest absolute Gasteiger partial charge is 0.372 e. The minimum atomic E-state index is 0.0643. The number of benzene rings is 2. The number of hydrogen-bond donors (Lipinski definition) is 1. The van der Waals surface area contributed by atoms with Gasteiger partial charge in [-0.05, 0) is 55.6 Å². The molecular weight excluding hydrogens is 334 g/mol. The van der Waals surface area contributed by atoms with Crippen LogP contribution in [0.3, 0.4) is 0 Å². The zero-order valence-electron chi connectivity index (χ0n) is 16.5. The molecule has 2 aromatic carbocycles. The van der Waals surface area contributed by atoms with E-state index in [9.17, 15) is 4.79 Å².